The van der Waals surface area contributed by atoms with Gasteiger partial charge in [0.1, 0.15) is 0 Å². The van der Waals surface area contributed by atoms with Gasteiger partial charge in [0.2, 0.25) is 10.0 Å². The zero-order chi connectivity index (χ0) is 15.5. The summed E-state index contributed by atoms with van der Waals surface area (Å²) in [6.07, 6.45) is 2.44. The van der Waals surface area contributed by atoms with Crippen LogP contribution in [0.3, 0.4) is 0 Å². The van der Waals surface area contributed by atoms with Gasteiger partial charge < -0.3 is 5.73 Å². The van der Waals surface area contributed by atoms with E-state index in [1.807, 2.05) is 24.3 Å². The summed E-state index contributed by atoms with van der Waals surface area (Å²) >= 11 is 0. The molecule has 118 valence electrons. The zero-order valence-corrected chi connectivity index (χ0v) is 13.6. The minimum atomic E-state index is -3.33. The average molecular weight is 311 g/mol. The summed E-state index contributed by atoms with van der Waals surface area (Å²) in [5.74, 6) is -0.0137. The SMILES string of the molecule is CC(CNS(=O)(=O)Cc1ccccc1CN)N(C)C1CC1. The molecule has 0 bridgehead atoms. The fourth-order valence-corrected chi connectivity index (χ4v) is 3.67. The predicted molar refractivity (Wildman–Crippen MR) is 85.2 cm³/mol. The standard InChI is InChI=1S/C15H25N3O2S/c1-12(18(2)15-7-8-15)10-17-21(19,20)11-14-6-4-3-5-13(14)9-16/h3-6,12,15,17H,7-11,16H2,1-2H3. The van der Waals surface area contributed by atoms with Crippen LogP contribution in [0.25, 0.3) is 0 Å². The molecule has 1 aliphatic rings. The molecule has 0 aliphatic heterocycles. The van der Waals surface area contributed by atoms with Gasteiger partial charge in [-0.1, -0.05) is 24.3 Å². The normalized spacial score (nSPS) is 17.1. The molecule has 1 aliphatic carbocycles. The Kier molecular flexibility index (Phi) is 5.37. The van der Waals surface area contributed by atoms with E-state index in [4.69, 9.17) is 5.73 Å². The van der Waals surface area contributed by atoms with Crippen LogP contribution in [0.4, 0.5) is 0 Å². The fourth-order valence-electron chi connectivity index (χ4n) is 2.39. The van der Waals surface area contributed by atoms with Crippen molar-refractivity contribution in [2.75, 3.05) is 13.6 Å². The predicted octanol–water partition coefficient (Wildman–Crippen LogP) is 1.05. The van der Waals surface area contributed by atoms with Crippen LogP contribution in [0.2, 0.25) is 0 Å². The highest BCUT2D eigenvalue weighted by Crippen LogP contribution is 2.26. The lowest BCUT2D eigenvalue weighted by Gasteiger charge is -2.24. The highest BCUT2D eigenvalue weighted by molar-refractivity contribution is 7.88. The molecule has 1 aromatic carbocycles. The molecule has 1 fully saturated rings. The van der Waals surface area contributed by atoms with Crippen LogP contribution in [0.1, 0.15) is 30.9 Å². The topological polar surface area (TPSA) is 75.4 Å². The zero-order valence-electron chi connectivity index (χ0n) is 12.7. The smallest absolute Gasteiger partial charge is 0.215 e. The number of sulfonamides is 1. The maximum atomic E-state index is 12.2. The van der Waals surface area contributed by atoms with E-state index in [1.54, 1.807) is 0 Å². The lowest BCUT2D eigenvalue weighted by Crippen LogP contribution is -2.41. The van der Waals surface area contributed by atoms with Crippen LogP contribution < -0.4 is 10.5 Å². The molecule has 0 aromatic heterocycles. The summed E-state index contributed by atoms with van der Waals surface area (Å²) in [6, 6.07) is 8.24. The molecule has 1 atom stereocenters. The van der Waals surface area contributed by atoms with Crippen molar-refractivity contribution in [2.24, 2.45) is 5.73 Å². The first kappa shape index (κ1) is 16.4. The minimum Gasteiger partial charge on any atom is -0.326 e. The lowest BCUT2D eigenvalue weighted by molar-refractivity contribution is 0.248. The summed E-state index contributed by atoms with van der Waals surface area (Å²) < 4.78 is 27.1. The summed E-state index contributed by atoms with van der Waals surface area (Å²) in [5, 5.41) is 0. The van der Waals surface area contributed by atoms with Crippen molar-refractivity contribution in [3.05, 3.63) is 35.4 Å². The van der Waals surface area contributed by atoms with Gasteiger partial charge in [-0.15, -0.1) is 0 Å². The van der Waals surface area contributed by atoms with Gasteiger partial charge in [0.05, 0.1) is 5.75 Å². The Morgan fingerprint density at radius 2 is 1.95 bits per heavy atom. The van der Waals surface area contributed by atoms with Gasteiger partial charge in [-0.05, 0) is 37.9 Å². The molecule has 0 heterocycles. The molecule has 21 heavy (non-hydrogen) atoms. The number of nitrogens with two attached hydrogens (primary N) is 1. The maximum absolute atomic E-state index is 12.2. The molecular weight excluding hydrogens is 286 g/mol. The van der Waals surface area contributed by atoms with Crippen molar-refractivity contribution in [2.45, 2.75) is 44.1 Å². The number of benzene rings is 1. The van der Waals surface area contributed by atoms with Crippen LogP contribution in [0.15, 0.2) is 24.3 Å². The van der Waals surface area contributed by atoms with Crippen molar-refractivity contribution in [3.63, 3.8) is 0 Å². The Morgan fingerprint density at radius 1 is 1.33 bits per heavy atom. The summed E-state index contributed by atoms with van der Waals surface area (Å²) in [7, 11) is -1.28. The molecule has 0 radical (unpaired) electrons. The minimum absolute atomic E-state index is 0.0137. The number of hydrogen-bond acceptors (Lipinski definition) is 4. The highest BCUT2D eigenvalue weighted by Gasteiger charge is 2.29. The Balaban J connectivity index is 1.92. The van der Waals surface area contributed by atoms with Gasteiger partial charge in [-0.25, -0.2) is 13.1 Å². The largest absolute Gasteiger partial charge is 0.326 e. The quantitative estimate of drug-likeness (QED) is 0.752. The second-order valence-electron chi connectivity index (χ2n) is 5.83. The van der Waals surface area contributed by atoms with Gasteiger partial charge in [0.25, 0.3) is 0 Å². The van der Waals surface area contributed by atoms with Crippen molar-refractivity contribution in [3.8, 4) is 0 Å². The summed E-state index contributed by atoms with van der Waals surface area (Å²) in [4.78, 5) is 2.25. The van der Waals surface area contributed by atoms with Gasteiger partial charge in [0.15, 0.2) is 0 Å². The van der Waals surface area contributed by atoms with E-state index in [0.29, 0.717) is 19.1 Å². The molecule has 2 rings (SSSR count). The van der Waals surface area contributed by atoms with Crippen LogP contribution in [-0.2, 0) is 22.3 Å². The van der Waals surface area contributed by atoms with Gasteiger partial charge in [-0.2, -0.15) is 0 Å². The van der Waals surface area contributed by atoms with E-state index in [1.165, 1.54) is 12.8 Å². The van der Waals surface area contributed by atoms with E-state index < -0.39 is 10.0 Å². The molecule has 3 N–H and O–H groups in total. The first-order chi connectivity index (χ1) is 9.93. The molecular formula is C15H25N3O2S. The third kappa shape index (κ3) is 4.78. The van der Waals surface area contributed by atoms with Gasteiger partial charge in [0, 0.05) is 25.2 Å². The lowest BCUT2D eigenvalue weighted by atomic mass is 10.1. The number of hydrogen-bond donors (Lipinski definition) is 2. The number of likely N-dealkylation sites (N-methyl/N-ethyl adjacent to an activating group) is 1. The number of nitrogens with one attached hydrogen (secondary N) is 1. The molecule has 1 saturated carbocycles. The highest BCUT2D eigenvalue weighted by atomic mass is 32.2. The van der Waals surface area contributed by atoms with E-state index in [0.717, 1.165) is 11.1 Å². The Bertz CT molecular complexity index is 570. The molecule has 0 spiro atoms. The van der Waals surface area contributed by atoms with E-state index in [-0.39, 0.29) is 11.8 Å². The van der Waals surface area contributed by atoms with Crippen molar-refractivity contribution < 1.29 is 8.42 Å². The third-order valence-electron chi connectivity index (χ3n) is 4.10. The van der Waals surface area contributed by atoms with Crippen LogP contribution >= 0.6 is 0 Å². The van der Waals surface area contributed by atoms with Gasteiger partial charge >= 0.3 is 0 Å². The monoisotopic (exact) mass is 311 g/mol. The average Bonchev–Trinajstić information content (AvgIpc) is 3.29. The van der Waals surface area contributed by atoms with Crippen molar-refractivity contribution >= 4 is 10.0 Å². The molecule has 0 saturated heterocycles. The molecule has 1 unspecified atom stereocenters. The number of nitrogens with zero attached hydrogens (tertiary/aromatic N) is 1. The summed E-state index contributed by atoms with van der Waals surface area (Å²) in [6.45, 7) is 2.85. The first-order valence-corrected chi connectivity index (χ1v) is 9.04. The second kappa shape index (κ2) is 6.87. The molecule has 5 nitrogen and oxygen atoms in total. The van der Waals surface area contributed by atoms with Gasteiger partial charge in [-0.3, -0.25) is 4.90 Å². The third-order valence-corrected chi connectivity index (χ3v) is 5.40. The first-order valence-electron chi connectivity index (χ1n) is 7.39. The number of rotatable bonds is 8. The second-order valence-corrected chi connectivity index (χ2v) is 7.63. The molecule has 6 heteroatoms. The molecule has 1 aromatic rings. The van der Waals surface area contributed by atoms with Crippen LogP contribution in [0.5, 0.6) is 0 Å². The van der Waals surface area contributed by atoms with E-state index >= 15 is 0 Å². The Labute approximate surface area is 127 Å². The Morgan fingerprint density at radius 3 is 2.52 bits per heavy atom. The van der Waals surface area contributed by atoms with Crippen LogP contribution in [-0.4, -0.2) is 39.0 Å². The van der Waals surface area contributed by atoms with Crippen LogP contribution in [0, 0.1) is 0 Å². The van der Waals surface area contributed by atoms with Crippen molar-refractivity contribution in [1.82, 2.24) is 9.62 Å². The molecule has 0 amide bonds. The summed E-state index contributed by atoms with van der Waals surface area (Å²) in [5.41, 5.74) is 7.30. The fraction of sp³-hybridized carbons (Fsp3) is 0.600. The maximum Gasteiger partial charge on any atom is 0.215 e. The Hall–Kier alpha value is -0.950. The van der Waals surface area contributed by atoms with Crippen molar-refractivity contribution in [1.29, 1.82) is 0 Å². The van der Waals surface area contributed by atoms with E-state index in [2.05, 4.69) is 23.6 Å². The van der Waals surface area contributed by atoms with E-state index in [9.17, 15) is 8.42 Å².